The Morgan fingerprint density at radius 1 is 1.26 bits per heavy atom. The van der Waals surface area contributed by atoms with Crippen molar-refractivity contribution in [3.05, 3.63) is 47.8 Å². The highest BCUT2D eigenvalue weighted by molar-refractivity contribution is 7.89. The summed E-state index contributed by atoms with van der Waals surface area (Å²) < 4.78 is 28.8. The van der Waals surface area contributed by atoms with E-state index < -0.39 is 10.0 Å². The zero-order valence-corrected chi connectivity index (χ0v) is 12.0. The molecule has 0 amide bonds. The van der Waals surface area contributed by atoms with Crippen molar-refractivity contribution in [2.45, 2.75) is 24.8 Å². The van der Waals surface area contributed by atoms with E-state index in [1.54, 1.807) is 41.2 Å². The third-order valence-corrected chi connectivity index (χ3v) is 4.68. The predicted molar refractivity (Wildman–Crippen MR) is 73.1 cm³/mol. The van der Waals surface area contributed by atoms with Gasteiger partial charge in [0.2, 0.25) is 10.0 Å². The lowest BCUT2D eigenvalue weighted by molar-refractivity contribution is 0.566. The minimum absolute atomic E-state index is 0.267. The van der Waals surface area contributed by atoms with Crippen LogP contribution in [0.4, 0.5) is 0 Å². The maximum absolute atomic E-state index is 12.2. The standard InChI is InChI=1S/C13H17N3O2S/c1-10(13-9-14-16(3)11(13)2)15-19(17,18)12-7-5-4-6-8-12/h4-10,15H,1-3H3. The summed E-state index contributed by atoms with van der Waals surface area (Å²) >= 11 is 0. The molecule has 102 valence electrons. The first kappa shape index (κ1) is 13.8. The molecule has 0 aliphatic rings. The summed E-state index contributed by atoms with van der Waals surface area (Å²) in [5.41, 5.74) is 1.82. The minimum Gasteiger partial charge on any atom is -0.273 e. The summed E-state index contributed by atoms with van der Waals surface area (Å²) in [5, 5.41) is 4.12. The third kappa shape index (κ3) is 2.85. The molecule has 6 heteroatoms. The molecule has 19 heavy (non-hydrogen) atoms. The molecule has 2 aromatic rings. The van der Waals surface area contributed by atoms with Gasteiger partial charge in [-0.15, -0.1) is 0 Å². The number of rotatable bonds is 4. The van der Waals surface area contributed by atoms with E-state index in [1.165, 1.54) is 0 Å². The summed E-state index contributed by atoms with van der Waals surface area (Å²) in [6.45, 7) is 3.72. The van der Waals surface area contributed by atoms with Gasteiger partial charge in [0, 0.05) is 24.3 Å². The maximum atomic E-state index is 12.2. The number of aryl methyl sites for hydroxylation is 1. The van der Waals surface area contributed by atoms with Crippen molar-refractivity contribution in [3.63, 3.8) is 0 Å². The first-order valence-corrected chi connectivity index (χ1v) is 7.46. The van der Waals surface area contributed by atoms with Gasteiger partial charge in [-0.3, -0.25) is 4.68 Å². The number of nitrogens with zero attached hydrogens (tertiary/aromatic N) is 2. The Balaban J connectivity index is 2.24. The average Bonchev–Trinajstić information content (AvgIpc) is 2.71. The van der Waals surface area contributed by atoms with Gasteiger partial charge >= 0.3 is 0 Å². The Kier molecular flexibility index (Phi) is 3.73. The molecule has 0 spiro atoms. The molecule has 0 aliphatic heterocycles. The lowest BCUT2D eigenvalue weighted by atomic mass is 10.1. The van der Waals surface area contributed by atoms with Gasteiger partial charge in [0.25, 0.3) is 0 Å². The molecular formula is C13H17N3O2S. The van der Waals surface area contributed by atoms with Crippen LogP contribution >= 0.6 is 0 Å². The lowest BCUT2D eigenvalue weighted by Gasteiger charge is -2.14. The zero-order chi connectivity index (χ0) is 14.0. The van der Waals surface area contributed by atoms with Gasteiger partial charge < -0.3 is 0 Å². The Bertz CT molecular complexity index is 662. The van der Waals surface area contributed by atoms with Gasteiger partial charge in [0.15, 0.2) is 0 Å². The minimum atomic E-state index is -3.50. The van der Waals surface area contributed by atoms with Crippen molar-refractivity contribution in [1.82, 2.24) is 14.5 Å². The first-order valence-electron chi connectivity index (χ1n) is 5.97. The van der Waals surface area contributed by atoms with Crippen LogP contribution in [-0.2, 0) is 17.1 Å². The predicted octanol–water partition coefficient (Wildman–Crippen LogP) is 1.77. The SMILES string of the molecule is Cc1c(C(C)NS(=O)(=O)c2ccccc2)cnn1C. The van der Waals surface area contributed by atoms with Crippen molar-refractivity contribution >= 4 is 10.0 Å². The van der Waals surface area contributed by atoms with Crippen LogP contribution in [-0.4, -0.2) is 18.2 Å². The van der Waals surface area contributed by atoms with Crippen LogP contribution in [0.5, 0.6) is 0 Å². The zero-order valence-electron chi connectivity index (χ0n) is 11.2. The van der Waals surface area contributed by atoms with Crippen LogP contribution in [0.1, 0.15) is 24.2 Å². The number of hydrogen-bond donors (Lipinski definition) is 1. The molecule has 1 N–H and O–H groups in total. The fraction of sp³-hybridized carbons (Fsp3) is 0.308. The molecular weight excluding hydrogens is 262 g/mol. The number of sulfonamides is 1. The Morgan fingerprint density at radius 2 is 1.89 bits per heavy atom. The molecule has 1 heterocycles. The van der Waals surface area contributed by atoms with Crippen LogP contribution in [0, 0.1) is 6.92 Å². The highest BCUT2D eigenvalue weighted by atomic mass is 32.2. The largest absolute Gasteiger partial charge is 0.273 e. The van der Waals surface area contributed by atoms with Crippen LogP contribution < -0.4 is 4.72 Å². The van der Waals surface area contributed by atoms with Crippen LogP contribution in [0.25, 0.3) is 0 Å². The molecule has 0 radical (unpaired) electrons. The van der Waals surface area contributed by atoms with Crippen LogP contribution in [0.2, 0.25) is 0 Å². The second-order valence-electron chi connectivity index (χ2n) is 4.46. The lowest BCUT2D eigenvalue weighted by Crippen LogP contribution is -2.27. The fourth-order valence-electron chi connectivity index (χ4n) is 1.90. The molecule has 1 atom stereocenters. The van der Waals surface area contributed by atoms with Gasteiger partial charge in [-0.05, 0) is 26.0 Å². The van der Waals surface area contributed by atoms with E-state index in [9.17, 15) is 8.42 Å². The first-order chi connectivity index (χ1) is 8.92. The van der Waals surface area contributed by atoms with E-state index in [4.69, 9.17) is 0 Å². The summed E-state index contributed by atoms with van der Waals surface area (Å²) in [6, 6.07) is 8.02. The fourth-order valence-corrected chi connectivity index (χ4v) is 3.15. The van der Waals surface area contributed by atoms with E-state index >= 15 is 0 Å². The number of nitrogens with one attached hydrogen (secondary N) is 1. The Morgan fingerprint density at radius 3 is 2.42 bits per heavy atom. The Labute approximate surface area is 113 Å². The van der Waals surface area contributed by atoms with E-state index in [-0.39, 0.29) is 10.9 Å². The summed E-state index contributed by atoms with van der Waals surface area (Å²) in [6.07, 6.45) is 1.69. The van der Waals surface area contributed by atoms with Gasteiger partial charge in [0.05, 0.1) is 11.1 Å². The van der Waals surface area contributed by atoms with Crippen molar-refractivity contribution in [2.75, 3.05) is 0 Å². The molecule has 1 aromatic heterocycles. The van der Waals surface area contributed by atoms with Crippen LogP contribution in [0.3, 0.4) is 0 Å². The Hall–Kier alpha value is -1.66. The topological polar surface area (TPSA) is 64.0 Å². The molecule has 0 saturated carbocycles. The molecule has 0 bridgehead atoms. The molecule has 1 unspecified atom stereocenters. The monoisotopic (exact) mass is 279 g/mol. The summed E-state index contributed by atoms with van der Waals surface area (Å²) in [5.74, 6) is 0. The second-order valence-corrected chi connectivity index (χ2v) is 6.18. The van der Waals surface area contributed by atoms with Crippen molar-refractivity contribution in [2.24, 2.45) is 7.05 Å². The van der Waals surface area contributed by atoms with E-state index in [0.717, 1.165) is 11.3 Å². The normalized spacial score (nSPS) is 13.4. The van der Waals surface area contributed by atoms with Gasteiger partial charge in [-0.25, -0.2) is 13.1 Å². The number of benzene rings is 1. The summed E-state index contributed by atoms with van der Waals surface area (Å²) in [7, 11) is -1.67. The van der Waals surface area contributed by atoms with Crippen LogP contribution in [0.15, 0.2) is 41.4 Å². The molecule has 5 nitrogen and oxygen atoms in total. The molecule has 0 saturated heterocycles. The highest BCUT2D eigenvalue weighted by Gasteiger charge is 2.20. The maximum Gasteiger partial charge on any atom is 0.241 e. The highest BCUT2D eigenvalue weighted by Crippen LogP contribution is 2.19. The van der Waals surface area contributed by atoms with Gasteiger partial charge in [-0.1, -0.05) is 18.2 Å². The molecule has 1 aromatic carbocycles. The quantitative estimate of drug-likeness (QED) is 0.927. The molecule has 0 fully saturated rings. The third-order valence-electron chi connectivity index (χ3n) is 3.13. The van der Waals surface area contributed by atoms with E-state index in [2.05, 4.69) is 9.82 Å². The van der Waals surface area contributed by atoms with E-state index in [0.29, 0.717) is 0 Å². The van der Waals surface area contributed by atoms with E-state index in [1.807, 2.05) is 20.9 Å². The molecule has 2 rings (SSSR count). The number of hydrogen-bond acceptors (Lipinski definition) is 3. The van der Waals surface area contributed by atoms with Gasteiger partial charge in [-0.2, -0.15) is 5.10 Å². The van der Waals surface area contributed by atoms with Gasteiger partial charge in [0.1, 0.15) is 0 Å². The van der Waals surface area contributed by atoms with Crippen molar-refractivity contribution in [3.8, 4) is 0 Å². The summed E-state index contributed by atoms with van der Waals surface area (Å²) in [4.78, 5) is 0.267. The van der Waals surface area contributed by atoms with Crippen molar-refractivity contribution < 1.29 is 8.42 Å². The van der Waals surface area contributed by atoms with Crippen molar-refractivity contribution in [1.29, 1.82) is 0 Å². The average molecular weight is 279 g/mol. The molecule has 0 aliphatic carbocycles. The smallest absolute Gasteiger partial charge is 0.241 e. The second kappa shape index (κ2) is 5.14. The number of aromatic nitrogens is 2.